The van der Waals surface area contributed by atoms with Crippen molar-refractivity contribution in [2.24, 2.45) is 5.92 Å². The van der Waals surface area contributed by atoms with E-state index in [1.807, 2.05) is 13.8 Å². The van der Waals surface area contributed by atoms with Gasteiger partial charge in [0.05, 0.1) is 11.1 Å². The summed E-state index contributed by atoms with van der Waals surface area (Å²) in [5, 5.41) is 0. The van der Waals surface area contributed by atoms with Crippen LogP contribution in [0.2, 0.25) is 0 Å². The molecule has 1 heterocycles. The van der Waals surface area contributed by atoms with E-state index in [0.29, 0.717) is 23.4 Å². The van der Waals surface area contributed by atoms with Gasteiger partial charge >= 0.3 is 0 Å². The minimum absolute atomic E-state index is 0.235. The van der Waals surface area contributed by atoms with E-state index in [1.54, 1.807) is 18.2 Å². The van der Waals surface area contributed by atoms with Crippen LogP contribution in [0.4, 0.5) is 5.69 Å². The summed E-state index contributed by atoms with van der Waals surface area (Å²) < 4.78 is 0. The first-order chi connectivity index (χ1) is 7.52. The van der Waals surface area contributed by atoms with E-state index in [2.05, 4.69) is 0 Å². The summed E-state index contributed by atoms with van der Waals surface area (Å²) in [5.41, 5.74) is 6.87. The highest BCUT2D eigenvalue weighted by Crippen LogP contribution is 2.27. The first-order valence-corrected chi connectivity index (χ1v) is 5.27. The largest absolute Gasteiger partial charge is 0.398 e. The molecule has 0 saturated carbocycles. The SMILES string of the molecule is CC(C)CN1C(=O)c2cccc(N)c2C1=O. The third-order valence-electron chi connectivity index (χ3n) is 2.58. The Labute approximate surface area is 94.0 Å². The monoisotopic (exact) mass is 218 g/mol. The van der Waals surface area contributed by atoms with Gasteiger partial charge in [-0.2, -0.15) is 0 Å². The number of nitrogens with two attached hydrogens (primary N) is 1. The average molecular weight is 218 g/mol. The third-order valence-corrected chi connectivity index (χ3v) is 2.58. The number of carbonyl (C=O) groups excluding carboxylic acids is 2. The molecule has 1 aromatic carbocycles. The van der Waals surface area contributed by atoms with Crippen LogP contribution in [-0.4, -0.2) is 23.3 Å². The standard InChI is InChI=1S/C12H14N2O2/c1-7(2)6-14-11(15)8-4-3-5-9(13)10(8)12(14)16/h3-5,7H,6,13H2,1-2H3. The number of anilines is 1. The number of carbonyl (C=O) groups is 2. The number of nitrogen functional groups attached to an aromatic ring is 1. The van der Waals surface area contributed by atoms with Crippen LogP contribution in [0.25, 0.3) is 0 Å². The van der Waals surface area contributed by atoms with Crippen molar-refractivity contribution in [3.63, 3.8) is 0 Å². The van der Waals surface area contributed by atoms with Crippen LogP contribution >= 0.6 is 0 Å². The predicted molar refractivity (Wildman–Crippen MR) is 61.1 cm³/mol. The van der Waals surface area contributed by atoms with E-state index in [0.717, 1.165) is 0 Å². The highest BCUT2D eigenvalue weighted by atomic mass is 16.2. The van der Waals surface area contributed by atoms with Crippen molar-refractivity contribution in [1.29, 1.82) is 0 Å². The first kappa shape index (κ1) is 10.7. The number of hydrogen-bond acceptors (Lipinski definition) is 3. The molecule has 2 N–H and O–H groups in total. The first-order valence-electron chi connectivity index (χ1n) is 5.27. The molecule has 0 aromatic heterocycles. The molecule has 1 aromatic rings. The molecule has 0 unspecified atom stereocenters. The number of rotatable bonds is 2. The van der Waals surface area contributed by atoms with E-state index < -0.39 is 0 Å². The minimum Gasteiger partial charge on any atom is -0.398 e. The van der Waals surface area contributed by atoms with Gasteiger partial charge in [0.15, 0.2) is 0 Å². The zero-order valence-electron chi connectivity index (χ0n) is 9.36. The van der Waals surface area contributed by atoms with Gasteiger partial charge in [0.2, 0.25) is 0 Å². The Bertz CT molecular complexity index is 466. The number of benzene rings is 1. The van der Waals surface area contributed by atoms with Crippen LogP contribution in [0.15, 0.2) is 18.2 Å². The summed E-state index contributed by atoms with van der Waals surface area (Å²) in [6.07, 6.45) is 0. The van der Waals surface area contributed by atoms with E-state index in [4.69, 9.17) is 5.73 Å². The van der Waals surface area contributed by atoms with Crippen LogP contribution in [-0.2, 0) is 0 Å². The highest BCUT2D eigenvalue weighted by Gasteiger charge is 2.36. The molecule has 4 heteroatoms. The van der Waals surface area contributed by atoms with Crippen molar-refractivity contribution in [3.05, 3.63) is 29.3 Å². The summed E-state index contributed by atoms with van der Waals surface area (Å²) in [6.45, 7) is 4.37. The summed E-state index contributed by atoms with van der Waals surface area (Å²) in [4.78, 5) is 25.2. The van der Waals surface area contributed by atoms with Crippen LogP contribution in [0, 0.1) is 5.92 Å². The normalized spacial score (nSPS) is 14.8. The Morgan fingerprint density at radius 1 is 1.25 bits per heavy atom. The molecule has 0 fully saturated rings. The second-order valence-electron chi connectivity index (χ2n) is 4.38. The molecule has 4 nitrogen and oxygen atoms in total. The molecule has 1 aliphatic rings. The van der Waals surface area contributed by atoms with Crippen molar-refractivity contribution >= 4 is 17.5 Å². The highest BCUT2D eigenvalue weighted by molar-refractivity contribution is 6.23. The lowest BCUT2D eigenvalue weighted by Crippen LogP contribution is -2.33. The van der Waals surface area contributed by atoms with Gasteiger partial charge in [-0.15, -0.1) is 0 Å². The fourth-order valence-corrected chi connectivity index (χ4v) is 1.89. The lowest BCUT2D eigenvalue weighted by Gasteiger charge is -2.15. The van der Waals surface area contributed by atoms with Gasteiger partial charge in [-0.05, 0) is 18.1 Å². The molecule has 0 spiro atoms. The number of imide groups is 1. The smallest absolute Gasteiger partial charge is 0.263 e. The van der Waals surface area contributed by atoms with Gasteiger partial charge in [0, 0.05) is 12.2 Å². The van der Waals surface area contributed by atoms with Gasteiger partial charge in [0.1, 0.15) is 0 Å². The summed E-state index contributed by atoms with van der Waals surface area (Å²) >= 11 is 0. The molecular formula is C12H14N2O2. The molecule has 0 aliphatic carbocycles. The van der Waals surface area contributed by atoms with E-state index in [9.17, 15) is 9.59 Å². The Morgan fingerprint density at radius 3 is 2.50 bits per heavy atom. The van der Waals surface area contributed by atoms with E-state index in [1.165, 1.54) is 4.90 Å². The van der Waals surface area contributed by atoms with Gasteiger partial charge in [-0.1, -0.05) is 19.9 Å². The molecule has 0 saturated heterocycles. The Morgan fingerprint density at radius 2 is 1.94 bits per heavy atom. The third kappa shape index (κ3) is 1.46. The number of nitrogens with zero attached hydrogens (tertiary/aromatic N) is 1. The van der Waals surface area contributed by atoms with Crippen LogP contribution in [0.3, 0.4) is 0 Å². The van der Waals surface area contributed by atoms with Gasteiger partial charge < -0.3 is 5.73 Å². The van der Waals surface area contributed by atoms with Crippen LogP contribution in [0.5, 0.6) is 0 Å². The second-order valence-corrected chi connectivity index (χ2v) is 4.38. The zero-order chi connectivity index (χ0) is 11.9. The molecule has 2 rings (SSSR count). The molecule has 16 heavy (non-hydrogen) atoms. The number of hydrogen-bond donors (Lipinski definition) is 1. The minimum atomic E-state index is -0.271. The van der Waals surface area contributed by atoms with Crippen molar-refractivity contribution in [1.82, 2.24) is 4.90 Å². The van der Waals surface area contributed by atoms with Gasteiger partial charge in [-0.3, -0.25) is 14.5 Å². The van der Waals surface area contributed by atoms with E-state index >= 15 is 0 Å². The average Bonchev–Trinajstić information content (AvgIpc) is 2.44. The van der Waals surface area contributed by atoms with E-state index in [-0.39, 0.29) is 17.7 Å². The topological polar surface area (TPSA) is 63.4 Å². The summed E-state index contributed by atoms with van der Waals surface area (Å²) in [6, 6.07) is 4.98. The Balaban J connectivity index is 2.45. The molecule has 1 aliphatic heterocycles. The molecule has 0 bridgehead atoms. The lowest BCUT2D eigenvalue weighted by molar-refractivity contribution is 0.0636. The molecule has 84 valence electrons. The zero-order valence-corrected chi connectivity index (χ0v) is 9.36. The Hall–Kier alpha value is -1.84. The quantitative estimate of drug-likeness (QED) is 0.604. The Kier molecular flexibility index (Phi) is 2.42. The molecule has 0 radical (unpaired) electrons. The molecular weight excluding hydrogens is 204 g/mol. The van der Waals surface area contributed by atoms with Crippen molar-refractivity contribution < 1.29 is 9.59 Å². The molecule has 2 amide bonds. The van der Waals surface area contributed by atoms with Gasteiger partial charge in [0.25, 0.3) is 11.8 Å². The fraction of sp³-hybridized carbons (Fsp3) is 0.333. The second kappa shape index (κ2) is 3.63. The maximum Gasteiger partial charge on any atom is 0.263 e. The van der Waals surface area contributed by atoms with Crippen molar-refractivity contribution in [3.8, 4) is 0 Å². The van der Waals surface area contributed by atoms with Crippen LogP contribution in [0.1, 0.15) is 34.6 Å². The number of amides is 2. The fourth-order valence-electron chi connectivity index (χ4n) is 1.89. The summed E-state index contributed by atoms with van der Waals surface area (Å²) in [5.74, 6) is -0.253. The van der Waals surface area contributed by atoms with Gasteiger partial charge in [-0.25, -0.2) is 0 Å². The van der Waals surface area contributed by atoms with Crippen molar-refractivity contribution in [2.45, 2.75) is 13.8 Å². The molecule has 0 atom stereocenters. The lowest BCUT2D eigenvalue weighted by atomic mass is 10.1. The summed E-state index contributed by atoms with van der Waals surface area (Å²) in [7, 11) is 0. The van der Waals surface area contributed by atoms with Crippen molar-refractivity contribution in [2.75, 3.05) is 12.3 Å². The maximum atomic E-state index is 12.0. The number of fused-ring (bicyclic) bond motifs is 1. The van der Waals surface area contributed by atoms with Crippen LogP contribution < -0.4 is 5.73 Å². The maximum absolute atomic E-state index is 12.0. The predicted octanol–water partition coefficient (Wildman–Crippen LogP) is 1.52.